The van der Waals surface area contributed by atoms with Crippen LogP contribution in [0.15, 0.2) is 12.1 Å². The number of aliphatic hydroxyl groups excluding tert-OH is 2. The molecule has 0 fully saturated rings. The van der Waals surface area contributed by atoms with Crippen LogP contribution in [0.5, 0.6) is 5.75 Å². The van der Waals surface area contributed by atoms with E-state index in [1.165, 1.54) is 0 Å². The molecule has 0 aromatic heterocycles. The van der Waals surface area contributed by atoms with Crippen LogP contribution in [0.2, 0.25) is 5.02 Å². The number of rotatable bonds is 3. The monoisotopic (exact) mass is 252 g/mol. The third kappa shape index (κ3) is 2.75. The summed E-state index contributed by atoms with van der Waals surface area (Å²) in [5, 5.41) is 28.0. The van der Waals surface area contributed by atoms with Crippen molar-refractivity contribution in [1.82, 2.24) is 0 Å². The molecule has 6 heteroatoms. The van der Waals surface area contributed by atoms with Gasteiger partial charge in [-0.3, -0.25) is 0 Å². The smallest absolute Gasteiger partial charge is 0.140 e. The largest absolute Gasteiger partial charge is 0.506 e. The third-order valence-corrected chi connectivity index (χ3v) is 2.59. The van der Waals surface area contributed by atoms with Gasteiger partial charge in [-0.05, 0) is 12.1 Å². The van der Waals surface area contributed by atoms with Crippen LogP contribution in [0, 0.1) is 5.82 Å². The normalized spacial score (nSPS) is 15.0. The van der Waals surface area contributed by atoms with Gasteiger partial charge in [0.2, 0.25) is 0 Å². The molecule has 0 spiro atoms. The molecule has 0 aliphatic carbocycles. The standard InChI is InChI=1S/C9H10ClFO3S/c10-6-2-4(11)1-5(8(6)13)9(14)7(12)3-15/h1-2,7,9,12-15H,3H2. The molecule has 0 saturated heterocycles. The Morgan fingerprint density at radius 2 is 2.00 bits per heavy atom. The molecule has 0 saturated carbocycles. The first kappa shape index (κ1) is 12.6. The van der Waals surface area contributed by atoms with Gasteiger partial charge in [-0.15, -0.1) is 0 Å². The average molecular weight is 253 g/mol. The lowest BCUT2D eigenvalue weighted by Gasteiger charge is -2.17. The molecule has 0 aliphatic heterocycles. The molecule has 2 unspecified atom stereocenters. The van der Waals surface area contributed by atoms with Crippen molar-refractivity contribution in [3.8, 4) is 5.75 Å². The summed E-state index contributed by atoms with van der Waals surface area (Å²) in [4.78, 5) is 0. The van der Waals surface area contributed by atoms with E-state index < -0.39 is 23.8 Å². The fourth-order valence-electron chi connectivity index (χ4n) is 1.12. The Morgan fingerprint density at radius 3 is 2.53 bits per heavy atom. The predicted molar refractivity (Wildman–Crippen MR) is 57.9 cm³/mol. The first-order chi connectivity index (χ1) is 6.97. The van der Waals surface area contributed by atoms with E-state index in [0.717, 1.165) is 12.1 Å². The zero-order valence-corrected chi connectivity index (χ0v) is 9.21. The highest BCUT2D eigenvalue weighted by atomic mass is 35.5. The zero-order valence-electron chi connectivity index (χ0n) is 7.56. The highest BCUT2D eigenvalue weighted by Crippen LogP contribution is 2.34. The number of thiol groups is 1. The van der Waals surface area contributed by atoms with E-state index >= 15 is 0 Å². The van der Waals surface area contributed by atoms with Gasteiger partial charge >= 0.3 is 0 Å². The van der Waals surface area contributed by atoms with Gasteiger partial charge in [-0.2, -0.15) is 12.6 Å². The van der Waals surface area contributed by atoms with Gasteiger partial charge in [-0.25, -0.2) is 4.39 Å². The maximum atomic E-state index is 12.9. The van der Waals surface area contributed by atoms with Gasteiger partial charge in [-0.1, -0.05) is 11.6 Å². The number of aliphatic hydroxyl groups is 2. The summed E-state index contributed by atoms with van der Waals surface area (Å²) in [6.07, 6.45) is -2.62. The van der Waals surface area contributed by atoms with Crippen molar-refractivity contribution in [3.63, 3.8) is 0 Å². The van der Waals surface area contributed by atoms with Crippen LogP contribution in [0.25, 0.3) is 0 Å². The topological polar surface area (TPSA) is 60.7 Å². The summed E-state index contributed by atoms with van der Waals surface area (Å²) < 4.78 is 12.9. The van der Waals surface area contributed by atoms with E-state index in [-0.39, 0.29) is 16.3 Å². The van der Waals surface area contributed by atoms with Gasteiger partial charge in [0.15, 0.2) is 0 Å². The first-order valence-electron chi connectivity index (χ1n) is 4.12. The second-order valence-corrected chi connectivity index (χ2v) is 3.79. The lowest BCUT2D eigenvalue weighted by molar-refractivity contribution is 0.0321. The number of phenols is 1. The van der Waals surface area contributed by atoms with Crippen LogP contribution in [0.4, 0.5) is 4.39 Å². The molecule has 84 valence electrons. The minimum absolute atomic E-state index is 0.0191. The number of phenolic OH excluding ortho intramolecular Hbond substituents is 1. The third-order valence-electron chi connectivity index (χ3n) is 1.93. The molecule has 0 amide bonds. The highest BCUT2D eigenvalue weighted by Gasteiger charge is 2.22. The lowest BCUT2D eigenvalue weighted by atomic mass is 10.0. The quantitative estimate of drug-likeness (QED) is 0.617. The van der Waals surface area contributed by atoms with Gasteiger partial charge in [0, 0.05) is 11.3 Å². The van der Waals surface area contributed by atoms with Gasteiger partial charge < -0.3 is 15.3 Å². The van der Waals surface area contributed by atoms with Crippen LogP contribution in [0.3, 0.4) is 0 Å². The zero-order chi connectivity index (χ0) is 11.6. The Labute approximate surface area is 96.5 Å². The molecule has 0 radical (unpaired) electrons. The summed E-state index contributed by atoms with van der Waals surface area (Å²) in [7, 11) is 0. The van der Waals surface area contributed by atoms with E-state index in [4.69, 9.17) is 11.6 Å². The summed E-state index contributed by atoms with van der Waals surface area (Å²) in [6, 6.07) is 1.83. The van der Waals surface area contributed by atoms with Crippen molar-refractivity contribution in [1.29, 1.82) is 0 Å². The Kier molecular flexibility index (Phi) is 4.21. The van der Waals surface area contributed by atoms with E-state index in [1.807, 2.05) is 0 Å². The molecule has 0 aliphatic rings. The van der Waals surface area contributed by atoms with Crippen molar-refractivity contribution in [2.75, 3.05) is 5.75 Å². The number of hydrogen-bond acceptors (Lipinski definition) is 4. The maximum absolute atomic E-state index is 12.9. The molecule has 3 nitrogen and oxygen atoms in total. The second-order valence-electron chi connectivity index (χ2n) is 3.02. The van der Waals surface area contributed by atoms with E-state index in [0.29, 0.717) is 0 Å². The Bertz CT molecular complexity index is 361. The molecule has 1 aromatic carbocycles. The van der Waals surface area contributed by atoms with Crippen LogP contribution in [-0.4, -0.2) is 27.2 Å². The number of aromatic hydroxyl groups is 1. The predicted octanol–water partition coefficient (Wildman–Crippen LogP) is 1.51. The molecule has 15 heavy (non-hydrogen) atoms. The fourth-order valence-corrected chi connectivity index (χ4v) is 1.53. The van der Waals surface area contributed by atoms with Crippen LogP contribution in [0.1, 0.15) is 11.7 Å². The molecule has 3 N–H and O–H groups in total. The van der Waals surface area contributed by atoms with Crippen molar-refractivity contribution >= 4 is 24.2 Å². The van der Waals surface area contributed by atoms with Crippen molar-refractivity contribution in [3.05, 3.63) is 28.5 Å². The minimum Gasteiger partial charge on any atom is -0.506 e. The van der Waals surface area contributed by atoms with Gasteiger partial charge in [0.25, 0.3) is 0 Å². The molecular formula is C9H10ClFO3S. The first-order valence-corrected chi connectivity index (χ1v) is 5.13. The molecule has 1 aromatic rings. The Morgan fingerprint density at radius 1 is 1.40 bits per heavy atom. The van der Waals surface area contributed by atoms with E-state index in [1.54, 1.807) is 0 Å². The van der Waals surface area contributed by atoms with Crippen molar-refractivity contribution in [2.24, 2.45) is 0 Å². The molecular weight excluding hydrogens is 243 g/mol. The number of halogens is 2. The number of benzene rings is 1. The van der Waals surface area contributed by atoms with E-state index in [2.05, 4.69) is 12.6 Å². The lowest BCUT2D eigenvalue weighted by Crippen LogP contribution is -2.20. The summed E-state index contributed by atoms with van der Waals surface area (Å²) >= 11 is 9.28. The molecule has 0 heterocycles. The highest BCUT2D eigenvalue weighted by molar-refractivity contribution is 7.80. The summed E-state index contributed by atoms with van der Waals surface area (Å²) in [5.41, 5.74) is -0.151. The number of hydrogen-bond donors (Lipinski definition) is 4. The van der Waals surface area contributed by atoms with Crippen LogP contribution < -0.4 is 0 Å². The Balaban J connectivity index is 3.13. The van der Waals surface area contributed by atoms with Crippen LogP contribution >= 0.6 is 24.2 Å². The van der Waals surface area contributed by atoms with Crippen molar-refractivity contribution in [2.45, 2.75) is 12.2 Å². The van der Waals surface area contributed by atoms with E-state index in [9.17, 15) is 19.7 Å². The summed E-state index contributed by atoms with van der Waals surface area (Å²) in [6.45, 7) is 0. The van der Waals surface area contributed by atoms with Gasteiger partial charge in [0.05, 0.1) is 11.1 Å². The molecule has 1 rings (SSSR count). The van der Waals surface area contributed by atoms with Gasteiger partial charge in [0.1, 0.15) is 17.7 Å². The maximum Gasteiger partial charge on any atom is 0.140 e. The Hall–Kier alpha value is -0.490. The SMILES string of the molecule is Oc1c(Cl)cc(F)cc1C(O)C(O)CS. The van der Waals surface area contributed by atoms with Crippen molar-refractivity contribution < 1.29 is 19.7 Å². The minimum atomic E-state index is -1.42. The average Bonchev–Trinajstić information content (AvgIpc) is 2.21. The fraction of sp³-hybridized carbons (Fsp3) is 0.333. The summed E-state index contributed by atoms with van der Waals surface area (Å²) in [5.74, 6) is -1.15. The molecule has 2 atom stereocenters. The molecule has 0 bridgehead atoms. The second kappa shape index (κ2) is 5.03. The van der Waals surface area contributed by atoms with Crippen LogP contribution in [-0.2, 0) is 0 Å².